The molecule has 5 heterocycles. The summed E-state index contributed by atoms with van der Waals surface area (Å²) in [5.74, 6) is 11.1. The van der Waals surface area contributed by atoms with Crippen LogP contribution in [-0.4, -0.2) is 81.2 Å². The highest BCUT2D eigenvalue weighted by Gasteiger charge is 2.52. The second kappa shape index (κ2) is 20.1. The predicted octanol–water partition coefficient (Wildman–Crippen LogP) is 8.88. The number of phenols is 2. The third-order valence-electron chi connectivity index (χ3n) is 17.2. The summed E-state index contributed by atoms with van der Waals surface area (Å²) in [7, 11) is 3.75. The number of ketones is 1. The van der Waals surface area contributed by atoms with E-state index in [1.165, 1.54) is 19.8 Å². The molecule has 0 unspecified atom stereocenters. The van der Waals surface area contributed by atoms with Gasteiger partial charge in [0.05, 0.1) is 12.0 Å². The number of nitrogens with zero attached hydrogens (tertiary/aromatic N) is 1. The van der Waals surface area contributed by atoms with E-state index in [9.17, 15) is 24.9 Å². The molecule has 4 fully saturated rings. The van der Waals surface area contributed by atoms with Gasteiger partial charge in [-0.3, -0.25) is 9.59 Å². The highest BCUT2D eigenvalue weighted by atomic mass is 33.1. The zero-order valence-electron chi connectivity index (χ0n) is 41.3. The molecular formula is C58H64N4O9S2. The lowest BCUT2D eigenvalue weighted by molar-refractivity contribution is -0.142. The Hall–Kier alpha value is -5.37. The Balaban J connectivity index is 1.10. The van der Waals surface area contributed by atoms with Gasteiger partial charge in [-0.05, 0) is 116 Å². The fourth-order valence-corrected chi connectivity index (χ4v) is 16.5. The Morgan fingerprint density at radius 2 is 1.89 bits per heavy atom. The standard InChI is InChI=1S/C58H64N4O9S2/c1-31(64)68-27-45-41-13-14-42-51-35(22-39(66)23-48(51)69-30-63)25-58-19-18-32(24-58)20-34-8-17-50(59)62-46(34)7-3-6-40-44(26-60-36-9-11-38(65)12-10-36)54(67)57-43(52(40)55(45)71-56(41)53(42)58)15-16-47-49(70-57)29-73-72-28-33-4-2-5-37(21-33)61-47/h8,13-17,22-23,32-33,36-37,45,47,49,55,60-61,63,66-67H,2,4-6,9-12,18-21,24-30H2,1H3,(H2,59,62)/t32-,33+,37+,45+,47+,49-,55+,58-/m1/s1. The number of anilines is 1. The lowest BCUT2D eigenvalue weighted by Crippen LogP contribution is -2.49. The highest BCUT2D eigenvalue weighted by molar-refractivity contribution is 8.76. The molecule has 4 aliphatic carbocycles. The molecule has 382 valence electrons. The van der Waals surface area contributed by atoms with Crippen LogP contribution in [0.15, 0.2) is 42.5 Å². The zero-order valence-corrected chi connectivity index (χ0v) is 42.9. The van der Waals surface area contributed by atoms with Crippen LogP contribution in [0.3, 0.4) is 0 Å². The molecule has 4 aromatic rings. The quantitative estimate of drug-likeness (QED) is 0.0444. The van der Waals surface area contributed by atoms with Gasteiger partial charge in [0, 0.05) is 101 Å². The first-order valence-electron chi connectivity index (χ1n) is 26.3. The molecule has 8 aliphatic rings. The Bertz CT molecular complexity index is 2960. The molecule has 1 spiro atoms. The normalized spacial score (nSPS) is 27.9. The van der Waals surface area contributed by atoms with E-state index >= 15 is 0 Å². The lowest BCUT2D eigenvalue weighted by atomic mass is 9.65. The number of esters is 1. The van der Waals surface area contributed by atoms with Crippen LogP contribution in [0.4, 0.5) is 5.82 Å². The van der Waals surface area contributed by atoms with Crippen molar-refractivity contribution < 1.29 is 43.9 Å². The van der Waals surface area contributed by atoms with Crippen molar-refractivity contribution in [3.05, 3.63) is 92.7 Å². The van der Waals surface area contributed by atoms with E-state index in [-0.39, 0.29) is 61.0 Å². The van der Waals surface area contributed by atoms with Gasteiger partial charge in [0.2, 0.25) is 0 Å². The van der Waals surface area contributed by atoms with Crippen molar-refractivity contribution in [3.63, 3.8) is 0 Å². The number of ether oxygens (including phenoxy) is 4. The summed E-state index contributed by atoms with van der Waals surface area (Å²) < 4.78 is 27.0. The highest BCUT2D eigenvalue weighted by Crippen LogP contribution is 2.63. The molecule has 73 heavy (non-hydrogen) atoms. The number of pyridine rings is 1. The molecule has 0 radical (unpaired) electrons. The number of Topliss-reactive ketones (excluding diaryl/α,β-unsaturated/α-hetero) is 1. The van der Waals surface area contributed by atoms with Crippen molar-refractivity contribution in [1.82, 2.24) is 15.6 Å². The van der Waals surface area contributed by atoms with Gasteiger partial charge in [0.1, 0.15) is 53.4 Å². The van der Waals surface area contributed by atoms with E-state index in [2.05, 4.69) is 52.8 Å². The summed E-state index contributed by atoms with van der Waals surface area (Å²) in [5, 5.41) is 42.1. The van der Waals surface area contributed by atoms with Crippen LogP contribution in [-0.2, 0) is 45.5 Å². The van der Waals surface area contributed by atoms with Gasteiger partial charge in [0.25, 0.3) is 0 Å². The molecule has 7 N–H and O–H groups in total. The first-order valence-corrected chi connectivity index (χ1v) is 28.8. The van der Waals surface area contributed by atoms with E-state index in [1.54, 1.807) is 6.07 Å². The summed E-state index contributed by atoms with van der Waals surface area (Å²) in [4.78, 5) is 30.2. The monoisotopic (exact) mass is 1020 g/mol. The molecule has 1 saturated heterocycles. The number of aromatic hydroxyl groups is 2. The van der Waals surface area contributed by atoms with Gasteiger partial charge in [-0.1, -0.05) is 64.3 Å². The Kier molecular flexibility index (Phi) is 13.3. The zero-order chi connectivity index (χ0) is 50.0. The number of aliphatic hydroxyl groups is 1. The van der Waals surface area contributed by atoms with E-state index < -0.39 is 30.2 Å². The van der Waals surface area contributed by atoms with Crippen LogP contribution in [0, 0.1) is 23.7 Å². The van der Waals surface area contributed by atoms with E-state index in [4.69, 9.17) is 29.7 Å². The molecule has 15 heteroatoms. The maximum atomic E-state index is 13.0. The average Bonchev–Trinajstić information content (AvgIpc) is 3.88. The fraction of sp³-hybridized carbons (Fsp3) is 0.500. The van der Waals surface area contributed by atoms with Gasteiger partial charge in [-0.2, -0.15) is 0 Å². The topological polar surface area (TPSA) is 195 Å². The molecule has 0 amide bonds. The predicted molar refractivity (Wildman–Crippen MR) is 283 cm³/mol. The smallest absolute Gasteiger partial charge is 0.302 e. The van der Waals surface area contributed by atoms with Gasteiger partial charge >= 0.3 is 5.97 Å². The van der Waals surface area contributed by atoms with E-state index in [0.29, 0.717) is 84.0 Å². The number of nitrogen functional groups attached to an aromatic ring is 1. The number of nitrogens with one attached hydrogen (secondary N) is 2. The Morgan fingerprint density at radius 3 is 2.74 bits per heavy atom. The fourth-order valence-electron chi connectivity index (χ4n) is 13.8. The van der Waals surface area contributed by atoms with Crippen molar-refractivity contribution >= 4 is 45.2 Å². The lowest BCUT2D eigenvalue weighted by Gasteiger charge is -2.39. The second-order valence-corrected chi connectivity index (χ2v) is 24.3. The van der Waals surface area contributed by atoms with Crippen LogP contribution in [0.2, 0.25) is 0 Å². The number of benzene rings is 3. The minimum absolute atomic E-state index is 0.0276. The number of carbonyl (C=O) groups excluding carboxylic acids is 2. The van der Waals surface area contributed by atoms with Crippen LogP contribution in [0.1, 0.15) is 140 Å². The maximum absolute atomic E-state index is 13.0. The van der Waals surface area contributed by atoms with Crippen molar-refractivity contribution in [2.75, 3.05) is 30.6 Å². The molecule has 13 nitrogen and oxygen atoms in total. The van der Waals surface area contributed by atoms with E-state index in [1.807, 2.05) is 33.7 Å². The minimum Gasteiger partial charge on any atom is -0.508 e. The van der Waals surface area contributed by atoms with E-state index in [0.717, 1.165) is 94.5 Å². The molecule has 12 rings (SSSR count). The average molecular weight is 1030 g/mol. The van der Waals surface area contributed by atoms with Crippen molar-refractivity contribution in [1.29, 1.82) is 0 Å². The Labute approximate surface area is 434 Å². The first-order chi connectivity index (χ1) is 35.5. The van der Waals surface area contributed by atoms with Crippen LogP contribution < -0.4 is 30.6 Å². The van der Waals surface area contributed by atoms with Crippen molar-refractivity contribution in [3.8, 4) is 51.7 Å². The van der Waals surface area contributed by atoms with Gasteiger partial charge in [-0.15, -0.1) is 0 Å². The number of aromatic nitrogens is 1. The third-order valence-corrected chi connectivity index (χ3v) is 19.7. The van der Waals surface area contributed by atoms with Crippen molar-refractivity contribution in [2.24, 2.45) is 11.8 Å². The number of hydrogen-bond donors (Lipinski definition) is 6. The first kappa shape index (κ1) is 48.6. The summed E-state index contributed by atoms with van der Waals surface area (Å²) in [6.45, 7) is 1.17. The minimum atomic E-state index is -0.741. The second-order valence-electron chi connectivity index (χ2n) is 21.8. The number of carbonyl (C=O) groups is 2. The maximum Gasteiger partial charge on any atom is 0.302 e. The molecule has 3 saturated carbocycles. The SMILES string of the molecule is CC(=O)OC[C@H]1c2ccc3c4c2O[C@@H]1c1c2c(c(O)c(CNC5CCC(=O)CC5)c1CC#Cc1nc(N)ccc1C[C@H]1CC[C@]4(Cc4cc(O)cc(OCO)c4-3)C1)O[C@@H]1CSSC[C@H]3CCC[C@@H](C3)N[C@H]1C=C2. The molecule has 1 aromatic heterocycles. The third kappa shape index (κ3) is 9.23. The molecular weight excluding hydrogens is 961 g/mol. The number of phenolic OH excluding ortho intramolecular Hbond substituents is 2. The van der Waals surface area contributed by atoms with Crippen LogP contribution >= 0.6 is 21.6 Å². The number of fused-ring (bicyclic) bond motifs is 12. The number of rotatable bonds is 7. The largest absolute Gasteiger partial charge is 0.508 e. The van der Waals surface area contributed by atoms with Crippen molar-refractivity contribution in [2.45, 2.75) is 145 Å². The van der Waals surface area contributed by atoms with Crippen LogP contribution in [0.5, 0.6) is 28.7 Å². The number of aliphatic hydroxyl groups excluding tert-OH is 1. The summed E-state index contributed by atoms with van der Waals surface area (Å²) in [6.07, 6.45) is 14.5. The Morgan fingerprint density at radius 1 is 1.03 bits per heavy atom. The number of hydrogen-bond acceptors (Lipinski definition) is 15. The van der Waals surface area contributed by atoms with Crippen LogP contribution in [0.25, 0.3) is 17.2 Å². The summed E-state index contributed by atoms with van der Waals surface area (Å²) in [5.41, 5.74) is 15.2. The molecule has 3 aromatic carbocycles. The van der Waals surface area contributed by atoms with Gasteiger partial charge in [-0.25, -0.2) is 4.98 Å². The molecule has 8 atom stereocenters. The summed E-state index contributed by atoms with van der Waals surface area (Å²) >= 11 is 0. The molecule has 4 aliphatic heterocycles. The van der Waals surface area contributed by atoms with Gasteiger partial charge < -0.3 is 50.6 Å². The molecule has 6 bridgehead atoms. The van der Waals surface area contributed by atoms with Gasteiger partial charge in [0.15, 0.2) is 18.3 Å². The summed E-state index contributed by atoms with van der Waals surface area (Å²) in [6, 6.07) is 11.8. The number of nitrogens with two attached hydrogens (primary N) is 1.